The maximum Gasteiger partial charge on any atom is 0.417 e. The molecule has 2 aromatic heterocycles. The molecule has 0 aliphatic heterocycles. The Morgan fingerprint density at radius 1 is 0.732 bits per heavy atom. The highest BCUT2D eigenvalue weighted by molar-refractivity contribution is 6.35. The van der Waals surface area contributed by atoms with Crippen LogP contribution >= 0.6 is 23.2 Å². The number of halogens is 5. The van der Waals surface area contributed by atoms with Gasteiger partial charge in [0.1, 0.15) is 18.1 Å². The molecule has 0 unspecified atom stereocenters. The number of rotatable bonds is 6. The molecule has 0 bridgehead atoms. The van der Waals surface area contributed by atoms with Crippen LogP contribution in [0.3, 0.4) is 0 Å². The molecule has 0 aliphatic rings. The molecule has 0 saturated heterocycles. The van der Waals surface area contributed by atoms with Gasteiger partial charge in [-0.15, -0.1) is 0 Å². The van der Waals surface area contributed by atoms with E-state index in [2.05, 4.69) is 5.10 Å². The van der Waals surface area contributed by atoms with Crippen molar-refractivity contribution in [3.05, 3.63) is 130 Å². The lowest BCUT2D eigenvalue weighted by molar-refractivity contribution is -0.136. The van der Waals surface area contributed by atoms with Crippen LogP contribution in [0.1, 0.15) is 11.1 Å². The number of hydrogen-bond acceptors (Lipinski definition) is 3. The first-order chi connectivity index (χ1) is 19.8. The van der Waals surface area contributed by atoms with Gasteiger partial charge in [0, 0.05) is 26.7 Å². The van der Waals surface area contributed by atoms with Crippen LogP contribution in [-0.4, -0.2) is 14.8 Å². The molecule has 0 spiro atoms. The summed E-state index contributed by atoms with van der Waals surface area (Å²) in [4.78, 5) is 4.71. The number of nitrogens with zero attached hydrogens (tertiary/aromatic N) is 3. The van der Waals surface area contributed by atoms with Crippen molar-refractivity contribution in [2.75, 3.05) is 0 Å². The third-order valence-electron chi connectivity index (χ3n) is 6.59. The van der Waals surface area contributed by atoms with Crippen molar-refractivity contribution >= 4 is 34.2 Å². The summed E-state index contributed by atoms with van der Waals surface area (Å²) in [6.07, 6.45) is -4.65. The average molecular weight is 590 g/mol. The maximum atomic E-state index is 14.6. The number of pyridine rings is 1. The topological polar surface area (TPSA) is 39.9 Å². The zero-order chi connectivity index (χ0) is 28.6. The molecule has 6 aromatic rings. The standard InChI is InChI=1S/C32H20Cl2F3N3O/c33-26-12-7-13-27(34)24(26)19-41-23-16-14-20(15-17-23)28-18-25(32(35,36)37)29-30(21-8-3-1-4-9-21)39-40(31(29)38-28)22-10-5-2-6-11-22/h1-18H,19H2. The van der Waals surface area contributed by atoms with Crippen molar-refractivity contribution in [1.82, 2.24) is 14.8 Å². The Kier molecular flexibility index (Phi) is 7.15. The molecule has 0 radical (unpaired) electrons. The van der Waals surface area contributed by atoms with Crippen LogP contribution in [0.15, 0.2) is 109 Å². The van der Waals surface area contributed by atoms with E-state index in [9.17, 15) is 13.2 Å². The Hall–Kier alpha value is -4.33. The van der Waals surface area contributed by atoms with Crippen LogP contribution < -0.4 is 4.74 Å². The fourth-order valence-corrected chi connectivity index (χ4v) is 5.09. The van der Waals surface area contributed by atoms with Gasteiger partial charge >= 0.3 is 6.18 Å². The van der Waals surface area contributed by atoms with Gasteiger partial charge in [-0.3, -0.25) is 0 Å². The first kappa shape index (κ1) is 26.9. The fraction of sp³-hybridized carbons (Fsp3) is 0.0625. The van der Waals surface area contributed by atoms with E-state index in [1.165, 1.54) is 4.68 Å². The Bertz CT molecular complexity index is 1820. The van der Waals surface area contributed by atoms with Crippen LogP contribution in [-0.2, 0) is 12.8 Å². The molecule has 4 aromatic carbocycles. The molecule has 0 fully saturated rings. The molecule has 6 rings (SSSR count). The van der Waals surface area contributed by atoms with E-state index in [4.69, 9.17) is 32.9 Å². The minimum absolute atomic E-state index is 0.0622. The largest absolute Gasteiger partial charge is 0.489 e. The molecule has 0 atom stereocenters. The predicted molar refractivity (Wildman–Crippen MR) is 156 cm³/mol. The first-order valence-corrected chi connectivity index (χ1v) is 13.3. The van der Waals surface area contributed by atoms with Gasteiger partial charge in [0.05, 0.1) is 22.3 Å². The van der Waals surface area contributed by atoms with Crippen LogP contribution in [0.5, 0.6) is 5.75 Å². The van der Waals surface area contributed by atoms with Gasteiger partial charge in [-0.25, -0.2) is 9.67 Å². The summed E-state index contributed by atoms with van der Waals surface area (Å²) < 4.78 is 51.1. The maximum absolute atomic E-state index is 14.6. The Morgan fingerprint density at radius 2 is 1.37 bits per heavy atom. The second-order valence-corrected chi connectivity index (χ2v) is 10.0. The van der Waals surface area contributed by atoms with E-state index in [0.29, 0.717) is 38.2 Å². The van der Waals surface area contributed by atoms with Crippen LogP contribution in [0.2, 0.25) is 10.0 Å². The summed E-state index contributed by atoms with van der Waals surface area (Å²) in [5.74, 6) is 0.502. The highest BCUT2D eigenvalue weighted by Crippen LogP contribution is 2.41. The van der Waals surface area contributed by atoms with Crippen molar-refractivity contribution in [1.29, 1.82) is 0 Å². The van der Waals surface area contributed by atoms with Crippen LogP contribution in [0.4, 0.5) is 13.2 Å². The van der Waals surface area contributed by atoms with E-state index in [1.54, 1.807) is 97.1 Å². The predicted octanol–water partition coefficient (Wildman–Crippen LogP) is 9.66. The summed E-state index contributed by atoms with van der Waals surface area (Å²) in [6.45, 7) is 0.138. The quantitative estimate of drug-likeness (QED) is 0.194. The summed E-state index contributed by atoms with van der Waals surface area (Å²) in [5.41, 5.74) is 1.94. The summed E-state index contributed by atoms with van der Waals surface area (Å²) in [7, 11) is 0. The third-order valence-corrected chi connectivity index (χ3v) is 7.29. The zero-order valence-corrected chi connectivity index (χ0v) is 22.8. The van der Waals surface area contributed by atoms with Crippen molar-refractivity contribution in [2.45, 2.75) is 12.8 Å². The average Bonchev–Trinajstić information content (AvgIpc) is 3.37. The van der Waals surface area contributed by atoms with Crippen LogP contribution in [0.25, 0.3) is 39.2 Å². The lowest BCUT2D eigenvalue weighted by Gasteiger charge is -2.13. The van der Waals surface area contributed by atoms with Crippen molar-refractivity contribution < 1.29 is 17.9 Å². The van der Waals surface area contributed by atoms with Gasteiger partial charge in [0.15, 0.2) is 5.65 Å². The van der Waals surface area contributed by atoms with E-state index in [0.717, 1.165) is 6.07 Å². The van der Waals surface area contributed by atoms with Gasteiger partial charge in [-0.2, -0.15) is 18.3 Å². The lowest BCUT2D eigenvalue weighted by atomic mass is 10.0. The number of fused-ring (bicyclic) bond motifs is 1. The number of alkyl halides is 3. The summed E-state index contributed by atoms with van der Waals surface area (Å²) in [6, 6.07) is 30.7. The van der Waals surface area contributed by atoms with E-state index in [1.807, 2.05) is 6.07 Å². The molecule has 41 heavy (non-hydrogen) atoms. The highest BCUT2D eigenvalue weighted by Gasteiger charge is 2.36. The number of hydrogen-bond donors (Lipinski definition) is 0. The molecule has 4 nitrogen and oxygen atoms in total. The van der Waals surface area contributed by atoms with Gasteiger partial charge in [0.25, 0.3) is 0 Å². The second-order valence-electron chi connectivity index (χ2n) is 9.23. The Labute approximate surface area is 243 Å². The van der Waals surface area contributed by atoms with Gasteiger partial charge < -0.3 is 4.74 Å². The molecular weight excluding hydrogens is 570 g/mol. The molecule has 2 heterocycles. The van der Waals surface area contributed by atoms with E-state index >= 15 is 0 Å². The number of aromatic nitrogens is 3. The molecule has 9 heteroatoms. The number of benzene rings is 4. The third kappa shape index (κ3) is 5.38. The van der Waals surface area contributed by atoms with Gasteiger partial charge in [-0.05, 0) is 54.6 Å². The zero-order valence-electron chi connectivity index (χ0n) is 21.2. The fourth-order valence-electron chi connectivity index (χ4n) is 4.58. The summed E-state index contributed by atoms with van der Waals surface area (Å²) >= 11 is 12.5. The van der Waals surface area contributed by atoms with Crippen molar-refractivity contribution in [3.8, 4) is 34.0 Å². The molecular formula is C32H20Cl2F3N3O. The minimum atomic E-state index is -4.65. The number of para-hydroxylation sites is 1. The van der Waals surface area contributed by atoms with E-state index in [-0.39, 0.29) is 29.0 Å². The smallest absolute Gasteiger partial charge is 0.417 e. The molecule has 0 aliphatic carbocycles. The second kappa shape index (κ2) is 10.9. The van der Waals surface area contributed by atoms with Crippen molar-refractivity contribution in [3.63, 3.8) is 0 Å². The van der Waals surface area contributed by atoms with Crippen molar-refractivity contribution in [2.24, 2.45) is 0 Å². The van der Waals surface area contributed by atoms with E-state index < -0.39 is 11.7 Å². The van der Waals surface area contributed by atoms with Gasteiger partial charge in [0.2, 0.25) is 0 Å². The molecule has 0 saturated carbocycles. The van der Waals surface area contributed by atoms with Crippen LogP contribution in [0, 0.1) is 0 Å². The summed E-state index contributed by atoms with van der Waals surface area (Å²) in [5, 5.41) is 5.54. The number of ether oxygens (including phenoxy) is 1. The Balaban J connectivity index is 1.46. The monoisotopic (exact) mass is 589 g/mol. The first-order valence-electron chi connectivity index (χ1n) is 12.6. The minimum Gasteiger partial charge on any atom is -0.489 e. The molecule has 0 amide bonds. The highest BCUT2D eigenvalue weighted by atomic mass is 35.5. The lowest BCUT2D eigenvalue weighted by Crippen LogP contribution is -2.08. The molecule has 0 N–H and O–H groups in total. The normalized spacial score (nSPS) is 11.6. The molecule has 204 valence electrons. The SMILES string of the molecule is FC(F)(F)c1cc(-c2ccc(OCc3c(Cl)cccc3Cl)cc2)nc2c1c(-c1ccccc1)nn2-c1ccccc1. The van der Waals surface area contributed by atoms with Gasteiger partial charge in [-0.1, -0.05) is 77.8 Å². The Morgan fingerprint density at radius 3 is 2.00 bits per heavy atom.